The third kappa shape index (κ3) is 2.72. The lowest BCUT2D eigenvalue weighted by Crippen LogP contribution is -2.16. The molecule has 0 spiro atoms. The second kappa shape index (κ2) is 4.82. The van der Waals surface area contributed by atoms with Crippen LogP contribution in [0.5, 0.6) is 0 Å². The molecule has 17 heavy (non-hydrogen) atoms. The first-order chi connectivity index (χ1) is 8.16. The number of fused-ring (bicyclic) bond motifs is 1. The van der Waals surface area contributed by atoms with Crippen LogP contribution < -0.4 is 11.1 Å². The molecule has 4 nitrogen and oxygen atoms in total. The Kier molecular flexibility index (Phi) is 3.23. The summed E-state index contributed by atoms with van der Waals surface area (Å²) in [6.45, 7) is 2.51. The number of para-hydroxylation sites is 1. The molecule has 1 aromatic carbocycles. The molecule has 0 unspecified atom stereocenters. The largest absolute Gasteiger partial charge is 0.370 e. The van der Waals surface area contributed by atoms with Crippen molar-refractivity contribution >= 4 is 22.6 Å². The van der Waals surface area contributed by atoms with Crippen molar-refractivity contribution in [2.45, 2.75) is 13.3 Å². The maximum absolute atomic E-state index is 10.6. The molecular formula is C13H15N3O. The van der Waals surface area contributed by atoms with Gasteiger partial charge >= 0.3 is 0 Å². The Morgan fingerprint density at radius 1 is 1.41 bits per heavy atom. The number of amides is 1. The minimum absolute atomic E-state index is 0.309. The van der Waals surface area contributed by atoms with E-state index in [9.17, 15) is 4.79 Å². The van der Waals surface area contributed by atoms with E-state index in [0.29, 0.717) is 13.0 Å². The normalized spacial score (nSPS) is 10.4. The van der Waals surface area contributed by atoms with E-state index in [2.05, 4.69) is 16.4 Å². The molecule has 3 N–H and O–H groups in total. The highest BCUT2D eigenvalue weighted by molar-refractivity contribution is 5.81. The van der Waals surface area contributed by atoms with Crippen LogP contribution in [0.25, 0.3) is 10.9 Å². The molecule has 0 aliphatic heterocycles. The van der Waals surface area contributed by atoms with E-state index in [1.165, 1.54) is 0 Å². The van der Waals surface area contributed by atoms with Gasteiger partial charge in [0.15, 0.2) is 0 Å². The van der Waals surface area contributed by atoms with Gasteiger partial charge in [0, 0.05) is 18.4 Å². The van der Waals surface area contributed by atoms with Crippen LogP contribution in [0.4, 0.5) is 5.82 Å². The van der Waals surface area contributed by atoms with Crippen LogP contribution in [-0.4, -0.2) is 17.4 Å². The Balaban J connectivity index is 2.22. The highest BCUT2D eigenvalue weighted by atomic mass is 16.1. The number of rotatable bonds is 4. The molecule has 0 bridgehead atoms. The molecule has 0 radical (unpaired) electrons. The van der Waals surface area contributed by atoms with Gasteiger partial charge in [-0.05, 0) is 24.6 Å². The predicted octanol–water partition coefficient (Wildman–Crippen LogP) is 1.83. The number of carbonyl (C=O) groups is 1. The fraction of sp³-hybridized carbons (Fsp3) is 0.231. The van der Waals surface area contributed by atoms with Crippen LogP contribution in [0.2, 0.25) is 0 Å². The smallest absolute Gasteiger partial charge is 0.219 e. The summed E-state index contributed by atoms with van der Waals surface area (Å²) in [5.41, 5.74) is 7.09. The molecule has 0 saturated heterocycles. The highest BCUT2D eigenvalue weighted by Gasteiger charge is 2.03. The summed E-state index contributed by atoms with van der Waals surface area (Å²) in [5.74, 6) is 0.501. The maximum Gasteiger partial charge on any atom is 0.219 e. The number of carbonyl (C=O) groups excluding carboxylic acids is 1. The van der Waals surface area contributed by atoms with Gasteiger partial charge in [0.05, 0.1) is 5.52 Å². The van der Waals surface area contributed by atoms with Gasteiger partial charge in [-0.1, -0.05) is 18.2 Å². The van der Waals surface area contributed by atoms with E-state index in [4.69, 9.17) is 5.73 Å². The molecule has 0 saturated carbocycles. The van der Waals surface area contributed by atoms with Gasteiger partial charge in [0.1, 0.15) is 5.82 Å². The fourth-order valence-corrected chi connectivity index (χ4v) is 1.70. The van der Waals surface area contributed by atoms with Gasteiger partial charge in [-0.3, -0.25) is 4.79 Å². The molecule has 0 aliphatic rings. The Morgan fingerprint density at radius 2 is 2.18 bits per heavy atom. The van der Waals surface area contributed by atoms with E-state index >= 15 is 0 Å². The lowest BCUT2D eigenvalue weighted by molar-refractivity contribution is -0.117. The zero-order valence-corrected chi connectivity index (χ0v) is 9.73. The van der Waals surface area contributed by atoms with Crippen molar-refractivity contribution in [3.05, 3.63) is 35.9 Å². The van der Waals surface area contributed by atoms with Crippen LogP contribution in [0.3, 0.4) is 0 Å². The van der Waals surface area contributed by atoms with Crippen molar-refractivity contribution in [3.63, 3.8) is 0 Å². The number of nitrogens with two attached hydrogens (primary N) is 1. The highest BCUT2D eigenvalue weighted by Crippen LogP contribution is 2.19. The number of primary amides is 1. The summed E-state index contributed by atoms with van der Waals surface area (Å²) in [7, 11) is 0. The standard InChI is InChI=1S/C13H15N3O/c1-9-8-10-4-2-3-5-11(10)16-13(9)15-7-6-12(14)17/h2-5,8H,6-7H2,1H3,(H2,14,17)(H,15,16). The Bertz CT molecular complexity index is 551. The molecule has 2 aromatic rings. The van der Waals surface area contributed by atoms with Crippen LogP contribution >= 0.6 is 0 Å². The second-order valence-electron chi connectivity index (χ2n) is 3.99. The Hall–Kier alpha value is -2.10. The van der Waals surface area contributed by atoms with Crippen molar-refractivity contribution in [1.29, 1.82) is 0 Å². The van der Waals surface area contributed by atoms with Gasteiger partial charge in [0.2, 0.25) is 5.91 Å². The van der Waals surface area contributed by atoms with Gasteiger partial charge in [-0.15, -0.1) is 0 Å². The summed E-state index contributed by atoms with van der Waals surface area (Å²) in [6, 6.07) is 10.0. The third-order valence-corrected chi connectivity index (χ3v) is 2.58. The number of aromatic nitrogens is 1. The van der Waals surface area contributed by atoms with Crippen LogP contribution in [0.15, 0.2) is 30.3 Å². The number of hydrogen-bond acceptors (Lipinski definition) is 3. The van der Waals surface area contributed by atoms with Crippen LogP contribution in [0, 0.1) is 6.92 Å². The van der Waals surface area contributed by atoms with Crippen molar-refractivity contribution in [2.75, 3.05) is 11.9 Å². The van der Waals surface area contributed by atoms with E-state index in [1.54, 1.807) is 0 Å². The third-order valence-electron chi connectivity index (χ3n) is 2.58. The molecule has 4 heteroatoms. The van der Waals surface area contributed by atoms with E-state index in [0.717, 1.165) is 22.3 Å². The van der Waals surface area contributed by atoms with Crippen molar-refractivity contribution < 1.29 is 4.79 Å². The number of nitrogens with one attached hydrogen (secondary N) is 1. The lowest BCUT2D eigenvalue weighted by atomic mass is 10.1. The summed E-state index contributed by atoms with van der Waals surface area (Å²) >= 11 is 0. The molecule has 1 heterocycles. The number of nitrogens with zero attached hydrogens (tertiary/aromatic N) is 1. The summed E-state index contributed by atoms with van der Waals surface area (Å²) in [4.78, 5) is 15.2. The minimum Gasteiger partial charge on any atom is -0.370 e. The summed E-state index contributed by atoms with van der Waals surface area (Å²) in [6.07, 6.45) is 0.313. The average Bonchev–Trinajstić information content (AvgIpc) is 2.29. The molecule has 2 rings (SSSR count). The molecule has 88 valence electrons. The summed E-state index contributed by atoms with van der Waals surface area (Å²) in [5, 5.41) is 4.24. The molecule has 0 aliphatic carbocycles. The number of aryl methyl sites for hydroxylation is 1. The topological polar surface area (TPSA) is 68.0 Å². The Labute approximate surface area is 99.8 Å². The number of hydrogen-bond donors (Lipinski definition) is 2. The lowest BCUT2D eigenvalue weighted by Gasteiger charge is -2.09. The number of anilines is 1. The van der Waals surface area contributed by atoms with Crippen molar-refractivity contribution in [2.24, 2.45) is 5.73 Å². The SMILES string of the molecule is Cc1cc2ccccc2nc1NCCC(N)=O. The van der Waals surface area contributed by atoms with Crippen molar-refractivity contribution in [1.82, 2.24) is 4.98 Å². The number of pyridine rings is 1. The summed E-state index contributed by atoms with van der Waals surface area (Å²) < 4.78 is 0. The minimum atomic E-state index is -0.309. The molecule has 0 fully saturated rings. The van der Waals surface area contributed by atoms with Gasteiger partial charge < -0.3 is 11.1 Å². The van der Waals surface area contributed by atoms with Crippen molar-refractivity contribution in [3.8, 4) is 0 Å². The molecule has 1 aromatic heterocycles. The van der Waals surface area contributed by atoms with Gasteiger partial charge in [-0.2, -0.15) is 0 Å². The van der Waals surface area contributed by atoms with Crippen LogP contribution in [-0.2, 0) is 4.79 Å². The zero-order valence-electron chi connectivity index (χ0n) is 9.73. The quantitative estimate of drug-likeness (QED) is 0.840. The first-order valence-electron chi connectivity index (χ1n) is 5.55. The van der Waals surface area contributed by atoms with E-state index in [1.807, 2.05) is 31.2 Å². The average molecular weight is 229 g/mol. The predicted molar refractivity (Wildman–Crippen MR) is 68.8 cm³/mol. The van der Waals surface area contributed by atoms with E-state index < -0.39 is 0 Å². The van der Waals surface area contributed by atoms with E-state index in [-0.39, 0.29) is 5.91 Å². The zero-order chi connectivity index (χ0) is 12.3. The van der Waals surface area contributed by atoms with Gasteiger partial charge in [0.25, 0.3) is 0 Å². The monoisotopic (exact) mass is 229 g/mol. The molecule has 1 amide bonds. The Morgan fingerprint density at radius 3 is 2.94 bits per heavy atom. The van der Waals surface area contributed by atoms with Crippen LogP contribution in [0.1, 0.15) is 12.0 Å². The van der Waals surface area contributed by atoms with Gasteiger partial charge in [-0.25, -0.2) is 4.98 Å². The molecule has 0 atom stereocenters. The first kappa shape index (κ1) is 11.4. The fourth-order valence-electron chi connectivity index (χ4n) is 1.70. The maximum atomic E-state index is 10.6. The molecular weight excluding hydrogens is 214 g/mol. The number of benzene rings is 1. The second-order valence-corrected chi connectivity index (χ2v) is 3.99. The first-order valence-corrected chi connectivity index (χ1v) is 5.55.